The Hall–Kier alpha value is -2.89. The van der Waals surface area contributed by atoms with Crippen LogP contribution < -0.4 is 10.5 Å². The Morgan fingerprint density at radius 1 is 1.15 bits per heavy atom. The number of hydrogen-bond donors (Lipinski definition) is 2. The van der Waals surface area contributed by atoms with Crippen LogP contribution in [0.5, 0.6) is 11.5 Å². The van der Waals surface area contributed by atoms with Crippen molar-refractivity contribution in [2.75, 3.05) is 5.73 Å². The highest BCUT2D eigenvalue weighted by atomic mass is 19.1. The van der Waals surface area contributed by atoms with E-state index in [9.17, 15) is 4.39 Å². The molecule has 5 nitrogen and oxygen atoms in total. The molecule has 100 valence electrons. The second-order valence-electron chi connectivity index (χ2n) is 4.15. The van der Waals surface area contributed by atoms with Crippen molar-refractivity contribution in [3.05, 3.63) is 54.7 Å². The number of nitrogens with one attached hydrogen (secondary N) is 1. The Morgan fingerprint density at radius 2 is 2.00 bits per heavy atom. The van der Waals surface area contributed by atoms with Gasteiger partial charge in [0.2, 0.25) is 0 Å². The number of ether oxygens (including phenoxy) is 1. The molecule has 0 spiro atoms. The third kappa shape index (κ3) is 2.44. The first-order valence-corrected chi connectivity index (χ1v) is 5.90. The van der Waals surface area contributed by atoms with E-state index in [0.29, 0.717) is 11.5 Å². The van der Waals surface area contributed by atoms with Gasteiger partial charge in [0.15, 0.2) is 0 Å². The van der Waals surface area contributed by atoms with Crippen LogP contribution >= 0.6 is 0 Å². The molecule has 0 saturated heterocycles. The molecule has 0 aliphatic carbocycles. The maximum Gasteiger partial charge on any atom is 0.146 e. The van der Waals surface area contributed by atoms with Crippen LogP contribution in [0.15, 0.2) is 48.9 Å². The molecule has 0 bridgehead atoms. The second kappa shape index (κ2) is 5.00. The summed E-state index contributed by atoms with van der Waals surface area (Å²) in [6, 6.07) is 7.70. The normalized spacial score (nSPS) is 10.4. The minimum Gasteiger partial charge on any atom is -0.457 e. The summed E-state index contributed by atoms with van der Waals surface area (Å²) in [6.45, 7) is 0. The minimum absolute atomic E-state index is 0.0478. The van der Waals surface area contributed by atoms with E-state index in [1.807, 2.05) is 0 Å². The summed E-state index contributed by atoms with van der Waals surface area (Å²) in [6.07, 6.45) is 5.04. The van der Waals surface area contributed by atoms with E-state index >= 15 is 0 Å². The van der Waals surface area contributed by atoms with Gasteiger partial charge in [-0.15, -0.1) is 0 Å². The van der Waals surface area contributed by atoms with E-state index in [4.69, 9.17) is 10.5 Å². The van der Waals surface area contributed by atoms with E-state index in [1.165, 1.54) is 18.2 Å². The molecule has 0 unspecified atom stereocenters. The molecule has 1 aromatic carbocycles. The van der Waals surface area contributed by atoms with E-state index < -0.39 is 5.82 Å². The van der Waals surface area contributed by atoms with E-state index in [-0.39, 0.29) is 5.69 Å². The van der Waals surface area contributed by atoms with Crippen LogP contribution in [-0.4, -0.2) is 15.2 Å². The molecular weight excluding hydrogens is 259 g/mol. The maximum absolute atomic E-state index is 13.1. The number of pyridine rings is 1. The summed E-state index contributed by atoms with van der Waals surface area (Å²) in [5.74, 6) is 0.585. The molecule has 20 heavy (non-hydrogen) atoms. The number of rotatable bonds is 3. The van der Waals surface area contributed by atoms with Gasteiger partial charge in [-0.25, -0.2) is 4.39 Å². The lowest BCUT2D eigenvalue weighted by molar-refractivity contribution is 0.480. The van der Waals surface area contributed by atoms with Crippen LogP contribution in [0.25, 0.3) is 11.3 Å². The Kier molecular flexibility index (Phi) is 3.04. The number of hydrogen-bond acceptors (Lipinski definition) is 4. The molecular formula is C14H11FN4O. The summed E-state index contributed by atoms with van der Waals surface area (Å²) in [4.78, 5) is 4.23. The van der Waals surface area contributed by atoms with Gasteiger partial charge in [0, 0.05) is 30.1 Å². The van der Waals surface area contributed by atoms with E-state index in [0.717, 1.165) is 11.3 Å². The Balaban J connectivity index is 1.87. The van der Waals surface area contributed by atoms with Crippen LogP contribution in [-0.2, 0) is 0 Å². The number of halogens is 1. The monoisotopic (exact) mass is 270 g/mol. The highest BCUT2D eigenvalue weighted by Crippen LogP contribution is 2.27. The highest BCUT2D eigenvalue weighted by Gasteiger charge is 2.05. The number of aromatic amines is 1. The zero-order chi connectivity index (χ0) is 13.9. The van der Waals surface area contributed by atoms with Gasteiger partial charge in [-0.2, -0.15) is 5.10 Å². The molecule has 0 aliphatic rings. The van der Waals surface area contributed by atoms with Crippen LogP contribution in [0.2, 0.25) is 0 Å². The average Bonchev–Trinajstić information content (AvgIpc) is 2.97. The fraction of sp³-hybridized carbons (Fsp3) is 0. The van der Waals surface area contributed by atoms with Crippen molar-refractivity contribution in [2.24, 2.45) is 0 Å². The van der Waals surface area contributed by atoms with Crippen molar-refractivity contribution < 1.29 is 9.13 Å². The van der Waals surface area contributed by atoms with E-state index in [1.54, 1.807) is 30.7 Å². The number of H-pyrrole nitrogens is 1. The summed E-state index contributed by atoms with van der Waals surface area (Å²) in [5.41, 5.74) is 7.13. The zero-order valence-electron chi connectivity index (χ0n) is 10.4. The van der Waals surface area contributed by atoms with Gasteiger partial charge in [0.05, 0.1) is 17.6 Å². The molecule has 2 aromatic heterocycles. The van der Waals surface area contributed by atoms with E-state index in [2.05, 4.69) is 15.2 Å². The number of aromatic nitrogens is 3. The first kappa shape index (κ1) is 12.2. The van der Waals surface area contributed by atoms with Crippen LogP contribution in [0.4, 0.5) is 10.1 Å². The maximum atomic E-state index is 13.1. The van der Waals surface area contributed by atoms with Crippen molar-refractivity contribution in [2.45, 2.75) is 0 Å². The number of benzene rings is 1. The van der Waals surface area contributed by atoms with Crippen molar-refractivity contribution in [3.8, 4) is 22.8 Å². The molecule has 3 rings (SSSR count). The Morgan fingerprint density at radius 3 is 2.75 bits per heavy atom. The van der Waals surface area contributed by atoms with Gasteiger partial charge >= 0.3 is 0 Å². The number of anilines is 1. The Bertz CT molecular complexity index is 728. The molecule has 0 fully saturated rings. The van der Waals surface area contributed by atoms with Gasteiger partial charge in [0.25, 0.3) is 0 Å². The van der Waals surface area contributed by atoms with Gasteiger partial charge in [-0.05, 0) is 18.2 Å². The van der Waals surface area contributed by atoms with Crippen LogP contribution in [0.3, 0.4) is 0 Å². The summed E-state index contributed by atoms with van der Waals surface area (Å²) in [5, 5.41) is 6.59. The van der Waals surface area contributed by atoms with Crippen molar-refractivity contribution in [1.29, 1.82) is 0 Å². The molecule has 0 aliphatic heterocycles. The average molecular weight is 270 g/mol. The van der Waals surface area contributed by atoms with Gasteiger partial charge in [-0.3, -0.25) is 10.1 Å². The SMILES string of the molecule is Nc1cc(Oc2ccnc(-c3cn[nH]c3)c2)ccc1F. The number of nitrogens with two attached hydrogens (primary N) is 1. The fourth-order valence-electron chi connectivity index (χ4n) is 1.74. The smallest absolute Gasteiger partial charge is 0.146 e. The summed E-state index contributed by atoms with van der Waals surface area (Å²) < 4.78 is 18.7. The number of nitrogens with zero attached hydrogens (tertiary/aromatic N) is 2. The van der Waals surface area contributed by atoms with Gasteiger partial charge in [-0.1, -0.05) is 0 Å². The second-order valence-corrected chi connectivity index (χ2v) is 4.15. The largest absolute Gasteiger partial charge is 0.457 e. The van der Waals surface area contributed by atoms with Gasteiger partial charge in [0.1, 0.15) is 17.3 Å². The van der Waals surface area contributed by atoms with Crippen LogP contribution in [0, 0.1) is 5.82 Å². The highest BCUT2D eigenvalue weighted by molar-refractivity contribution is 5.58. The number of nitrogen functional groups attached to an aromatic ring is 1. The summed E-state index contributed by atoms with van der Waals surface area (Å²) >= 11 is 0. The lowest BCUT2D eigenvalue weighted by Crippen LogP contribution is -1.92. The predicted octanol–water partition coefficient (Wildman–Crippen LogP) is 2.99. The predicted molar refractivity (Wildman–Crippen MR) is 72.7 cm³/mol. The topological polar surface area (TPSA) is 76.8 Å². The molecule has 3 aromatic rings. The first-order valence-electron chi connectivity index (χ1n) is 5.90. The molecule has 0 radical (unpaired) electrons. The molecule has 0 atom stereocenters. The molecule has 0 amide bonds. The Labute approximate surface area is 114 Å². The van der Waals surface area contributed by atoms with Crippen molar-refractivity contribution >= 4 is 5.69 Å². The van der Waals surface area contributed by atoms with Crippen molar-refractivity contribution in [3.63, 3.8) is 0 Å². The van der Waals surface area contributed by atoms with Crippen molar-refractivity contribution in [1.82, 2.24) is 15.2 Å². The fourth-order valence-corrected chi connectivity index (χ4v) is 1.74. The quantitative estimate of drug-likeness (QED) is 0.717. The summed E-state index contributed by atoms with van der Waals surface area (Å²) in [7, 11) is 0. The first-order chi connectivity index (χ1) is 9.72. The molecule has 2 heterocycles. The molecule has 0 saturated carbocycles. The minimum atomic E-state index is -0.467. The zero-order valence-corrected chi connectivity index (χ0v) is 10.4. The third-order valence-corrected chi connectivity index (χ3v) is 2.73. The third-order valence-electron chi connectivity index (χ3n) is 2.73. The van der Waals surface area contributed by atoms with Gasteiger partial charge < -0.3 is 10.5 Å². The standard InChI is InChI=1S/C14H11FN4O/c15-12-2-1-10(5-13(12)16)20-11-3-4-17-14(6-11)9-7-18-19-8-9/h1-8H,16H2,(H,18,19). The van der Waals surface area contributed by atoms with Crippen LogP contribution in [0.1, 0.15) is 0 Å². The lowest BCUT2D eigenvalue weighted by Gasteiger charge is -2.07. The molecule has 3 N–H and O–H groups in total. The lowest BCUT2D eigenvalue weighted by atomic mass is 10.2. The molecule has 6 heteroatoms.